The van der Waals surface area contributed by atoms with Gasteiger partial charge in [-0.05, 0) is 30.2 Å². The molecule has 3 N–H and O–H groups in total. The summed E-state index contributed by atoms with van der Waals surface area (Å²) in [5.74, 6) is 1.03. The van der Waals surface area contributed by atoms with E-state index < -0.39 is 0 Å². The number of nitrogen functional groups attached to an aromatic ring is 1. The third kappa shape index (κ3) is 3.49. The molecule has 1 aromatic carbocycles. The van der Waals surface area contributed by atoms with Crippen molar-refractivity contribution in [3.63, 3.8) is 0 Å². The Labute approximate surface area is 127 Å². The summed E-state index contributed by atoms with van der Waals surface area (Å²) in [6, 6.07) is 7.18. The maximum atomic E-state index is 7.60. The molecule has 1 aromatic heterocycles. The highest BCUT2D eigenvalue weighted by molar-refractivity contribution is 7.13. The molecule has 1 heterocycles. The van der Waals surface area contributed by atoms with Crippen molar-refractivity contribution in [2.24, 2.45) is 5.73 Å². The van der Waals surface area contributed by atoms with Crippen LogP contribution in [0.4, 0.5) is 0 Å². The van der Waals surface area contributed by atoms with E-state index in [1.807, 2.05) is 26.0 Å². The Kier molecular flexibility index (Phi) is 4.62. The fourth-order valence-corrected chi connectivity index (χ4v) is 2.82. The van der Waals surface area contributed by atoms with Gasteiger partial charge in [0.25, 0.3) is 0 Å². The number of rotatable bonds is 5. The predicted molar refractivity (Wildman–Crippen MR) is 83.0 cm³/mol. The van der Waals surface area contributed by atoms with Gasteiger partial charge in [0, 0.05) is 5.02 Å². The van der Waals surface area contributed by atoms with Gasteiger partial charge in [-0.15, -0.1) is 11.3 Å². The Morgan fingerprint density at radius 2 is 2.05 bits per heavy atom. The Morgan fingerprint density at radius 1 is 1.40 bits per heavy atom. The summed E-state index contributed by atoms with van der Waals surface area (Å²) in [7, 11) is 0. The number of hydrogen-bond donors (Lipinski definition) is 2. The molecule has 2 aromatic rings. The zero-order valence-corrected chi connectivity index (χ0v) is 12.9. The minimum absolute atomic E-state index is 0.0592. The first-order chi connectivity index (χ1) is 9.47. The molecule has 0 amide bonds. The standard InChI is InChI=1S/C14H16ClN3OS/c1-8(2)12-13(14(16)17)20-11(18-12)7-19-10-5-3-9(15)4-6-10/h3-6,8H,7H2,1-2H3,(H3,16,17). The molecule has 106 valence electrons. The first kappa shape index (κ1) is 14.8. The lowest BCUT2D eigenvalue weighted by Crippen LogP contribution is -2.12. The van der Waals surface area contributed by atoms with Gasteiger partial charge in [0.05, 0.1) is 10.6 Å². The topological polar surface area (TPSA) is 72.0 Å². The third-order valence-corrected chi connectivity index (χ3v) is 4.00. The number of nitrogens with zero attached hydrogens (tertiary/aromatic N) is 1. The number of halogens is 1. The Morgan fingerprint density at radius 3 is 2.55 bits per heavy atom. The largest absolute Gasteiger partial charge is 0.486 e. The van der Waals surface area contributed by atoms with Gasteiger partial charge in [-0.2, -0.15) is 0 Å². The average Bonchev–Trinajstić information content (AvgIpc) is 2.83. The molecule has 6 heteroatoms. The van der Waals surface area contributed by atoms with Gasteiger partial charge >= 0.3 is 0 Å². The molecular formula is C14H16ClN3OS. The van der Waals surface area contributed by atoms with Crippen LogP contribution in [0.3, 0.4) is 0 Å². The first-order valence-electron chi connectivity index (χ1n) is 6.19. The summed E-state index contributed by atoms with van der Waals surface area (Å²) < 4.78 is 5.65. The number of thiazole rings is 1. The van der Waals surface area contributed by atoms with Crippen LogP contribution < -0.4 is 10.5 Å². The lowest BCUT2D eigenvalue weighted by molar-refractivity contribution is 0.305. The van der Waals surface area contributed by atoms with Crippen molar-refractivity contribution in [3.8, 4) is 5.75 Å². The van der Waals surface area contributed by atoms with Crippen LogP contribution in [0, 0.1) is 5.41 Å². The fourth-order valence-electron chi connectivity index (χ4n) is 1.70. The van der Waals surface area contributed by atoms with Crippen LogP contribution in [0.25, 0.3) is 0 Å². The van der Waals surface area contributed by atoms with Gasteiger partial charge in [-0.25, -0.2) is 4.98 Å². The van der Waals surface area contributed by atoms with E-state index in [4.69, 9.17) is 27.5 Å². The molecule has 0 bridgehead atoms. The van der Waals surface area contributed by atoms with Crippen LogP contribution >= 0.6 is 22.9 Å². The number of ether oxygens (including phenoxy) is 1. The highest BCUT2D eigenvalue weighted by Gasteiger charge is 2.16. The minimum atomic E-state index is 0.0592. The van der Waals surface area contributed by atoms with Crippen LogP contribution in [0.1, 0.15) is 35.3 Å². The number of hydrogen-bond acceptors (Lipinski definition) is 4. The zero-order valence-electron chi connectivity index (χ0n) is 11.3. The van der Waals surface area contributed by atoms with Crippen molar-refractivity contribution >= 4 is 28.8 Å². The molecular weight excluding hydrogens is 294 g/mol. The normalized spacial score (nSPS) is 10.8. The van der Waals surface area contributed by atoms with Crippen molar-refractivity contribution in [2.75, 3.05) is 0 Å². The molecule has 4 nitrogen and oxygen atoms in total. The van der Waals surface area contributed by atoms with Crippen molar-refractivity contribution in [2.45, 2.75) is 26.4 Å². The molecule has 0 aliphatic rings. The summed E-state index contributed by atoms with van der Waals surface area (Å²) in [5.41, 5.74) is 6.45. The summed E-state index contributed by atoms with van der Waals surface area (Å²) in [6.07, 6.45) is 0. The molecule has 0 aliphatic carbocycles. The van der Waals surface area contributed by atoms with E-state index in [9.17, 15) is 0 Å². The minimum Gasteiger partial charge on any atom is -0.486 e. The molecule has 0 spiro atoms. The van der Waals surface area contributed by atoms with E-state index in [0.29, 0.717) is 11.6 Å². The van der Waals surface area contributed by atoms with Crippen molar-refractivity contribution < 1.29 is 4.74 Å². The van der Waals surface area contributed by atoms with Gasteiger partial charge in [-0.1, -0.05) is 25.4 Å². The summed E-state index contributed by atoms with van der Waals surface area (Å²) in [6.45, 7) is 4.43. The number of aromatic nitrogens is 1. The zero-order chi connectivity index (χ0) is 14.7. The smallest absolute Gasteiger partial charge is 0.140 e. The Hall–Kier alpha value is -1.59. The second kappa shape index (κ2) is 6.24. The van der Waals surface area contributed by atoms with E-state index in [0.717, 1.165) is 21.3 Å². The SMILES string of the molecule is CC(C)c1nc(COc2ccc(Cl)cc2)sc1C(=N)N. The van der Waals surface area contributed by atoms with Crippen LogP contribution in [0.5, 0.6) is 5.75 Å². The van der Waals surface area contributed by atoms with Crippen LogP contribution in [-0.2, 0) is 6.61 Å². The third-order valence-electron chi connectivity index (χ3n) is 2.67. The highest BCUT2D eigenvalue weighted by Crippen LogP contribution is 2.26. The fraction of sp³-hybridized carbons (Fsp3) is 0.286. The van der Waals surface area contributed by atoms with Crippen LogP contribution in [0.15, 0.2) is 24.3 Å². The average molecular weight is 310 g/mol. The number of benzene rings is 1. The van der Waals surface area contributed by atoms with E-state index in [2.05, 4.69) is 4.98 Å². The van der Waals surface area contributed by atoms with Gasteiger partial charge in [0.1, 0.15) is 23.2 Å². The predicted octanol–water partition coefficient (Wildman–Crippen LogP) is 3.78. The van der Waals surface area contributed by atoms with Gasteiger partial charge in [-0.3, -0.25) is 5.41 Å². The first-order valence-corrected chi connectivity index (χ1v) is 7.39. The summed E-state index contributed by atoms with van der Waals surface area (Å²) in [4.78, 5) is 5.24. The van der Waals surface area contributed by atoms with Gasteiger partial charge in [0.15, 0.2) is 0 Å². The monoisotopic (exact) mass is 309 g/mol. The summed E-state index contributed by atoms with van der Waals surface area (Å²) in [5, 5.41) is 9.08. The van der Waals surface area contributed by atoms with E-state index >= 15 is 0 Å². The van der Waals surface area contributed by atoms with Crippen molar-refractivity contribution in [3.05, 3.63) is 44.9 Å². The lowest BCUT2D eigenvalue weighted by atomic mass is 10.1. The molecule has 20 heavy (non-hydrogen) atoms. The van der Waals surface area contributed by atoms with Gasteiger partial charge < -0.3 is 10.5 Å². The highest BCUT2D eigenvalue weighted by atomic mass is 35.5. The molecule has 0 saturated carbocycles. The van der Waals surface area contributed by atoms with E-state index in [1.165, 1.54) is 11.3 Å². The summed E-state index contributed by atoms with van der Waals surface area (Å²) >= 11 is 7.23. The Bertz CT molecular complexity index is 607. The van der Waals surface area contributed by atoms with E-state index in [1.54, 1.807) is 12.1 Å². The Balaban J connectivity index is 2.12. The maximum absolute atomic E-state index is 7.60. The molecule has 2 rings (SSSR count). The molecule has 0 aliphatic heterocycles. The van der Waals surface area contributed by atoms with Crippen LogP contribution in [0.2, 0.25) is 5.02 Å². The molecule has 0 radical (unpaired) electrons. The number of amidine groups is 1. The van der Waals surface area contributed by atoms with Gasteiger partial charge in [0.2, 0.25) is 0 Å². The second-order valence-electron chi connectivity index (χ2n) is 4.63. The van der Waals surface area contributed by atoms with E-state index in [-0.39, 0.29) is 11.8 Å². The van der Waals surface area contributed by atoms with Crippen LogP contribution in [-0.4, -0.2) is 10.8 Å². The van der Waals surface area contributed by atoms with Crippen molar-refractivity contribution in [1.29, 1.82) is 5.41 Å². The number of nitrogens with two attached hydrogens (primary N) is 1. The lowest BCUT2D eigenvalue weighted by Gasteiger charge is -2.03. The molecule has 0 fully saturated rings. The van der Waals surface area contributed by atoms with Crippen molar-refractivity contribution in [1.82, 2.24) is 4.98 Å². The molecule has 0 unspecified atom stereocenters. The second-order valence-corrected chi connectivity index (χ2v) is 6.15. The molecule has 0 saturated heterocycles. The molecule has 0 atom stereocenters. The maximum Gasteiger partial charge on any atom is 0.140 e. The number of nitrogens with one attached hydrogen (secondary N) is 1. The quantitative estimate of drug-likeness (QED) is 0.652.